The van der Waals surface area contributed by atoms with E-state index in [0.29, 0.717) is 26.3 Å². The molecule has 0 amide bonds. The van der Waals surface area contributed by atoms with E-state index in [1.54, 1.807) is 0 Å². The van der Waals surface area contributed by atoms with Crippen molar-refractivity contribution in [2.45, 2.75) is 0 Å². The summed E-state index contributed by atoms with van der Waals surface area (Å²) in [6, 6.07) is 42.6. The van der Waals surface area contributed by atoms with Gasteiger partial charge in [-0.3, -0.25) is 0 Å². The van der Waals surface area contributed by atoms with Crippen molar-refractivity contribution < 1.29 is 0 Å². The Labute approximate surface area is 210 Å². The molecule has 6 rings (SSSR count). The quantitative estimate of drug-likeness (QED) is 0.262. The van der Waals surface area contributed by atoms with E-state index >= 15 is 0 Å². The van der Waals surface area contributed by atoms with E-state index in [2.05, 4.69) is 109 Å². The Morgan fingerprint density at radius 2 is 0.824 bits per heavy atom. The average Bonchev–Trinajstić information content (AvgIpc) is 2.92. The Hall–Kier alpha value is -3.26. The molecule has 2 aromatic heterocycles. The standard InChI is InChI=1S/C30H20N2Se2/c1-3-9-21(10-4-1)25-19-17-23-13-7-15-27(29(23)31-25)33-34-28-16-8-14-24-18-20-26(32-30(24)28)22-11-5-2-6-12-22/h1-20H. The van der Waals surface area contributed by atoms with Crippen LogP contribution in [0.5, 0.6) is 0 Å². The number of para-hydroxylation sites is 2. The maximum atomic E-state index is 5.08. The normalized spacial score (nSPS) is 11.2. The summed E-state index contributed by atoms with van der Waals surface area (Å²) in [7, 11) is 0. The van der Waals surface area contributed by atoms with Gasteiger partial charge in [0, 0.05) is 0 Å². The third kappa shape index (κ3) is 4.30. The van der Waals surface area contributed by atoms with E-state index in [9.17, 15) is 0 Å². The summed E-state index contributed by atoms with van der Waals surface area (Å²) in [6.07, 6.45) is 0. The van der Waals surface area contributed by atoms with Crippen LogP contribution in [0.3, 0.4) is 0 Å². The molecular weight excluding hydrogens is 546 g/mol. The van der Waals surface area contributed by atoms with Crippen molar-refractivity contribution >= 4 is 57.0 Å². The van der Waals surface area contributed by atoms with E-state index in [1.807, 2.05) is 12.1 Å². The molecule has 0 N–H and O–H groups in total. The van der Waals surface area contributed by atoms with Crippen molar-refractivity contribution in [3.63, 3.8) is 0 Å². The Bertz CT molecular complexity index is 1480. The van der Waals surface area contributed by atoms with Gasteiger partial charge in [-0.05, 0) is 0 Å². The van der Waals surface area contributed by atoms with Crippen molar-refractivity contribution in [1.29, 1.82) is 0 Å². The van der Waals surface area contributed by atoms with Gasteiger partial charge >= 0.3 is 211 Å². The predicted molar refractivity (Wildman–Crippen MR) is 145 cm³/mol. The van der Waals surface area contributed by atoms with E-state index in [1.165, 1.54) is 19.7 Å². The van der Waals surface area contributed by atoms with Crippen LogP contribution in [0.25, 0.3) is 44.3 Å². The number of nitrogens with zero attached hydrogens (tertiary/aromatic N) is 2. The van der Waals surface area contributed by atoms with Crippen LogP contribution in [-0.2, 0) is 0 Å². The summed E-state index contributed by atoms with van der Waals surface area (Å²) in [4.78, 5) is 10.2. The third-order valence-electron chi connectivity index (χ3n) is 5.73. The van der Waals surface area contributed by atoms with Gasteiger partial charge in [-0.25, -0.2) is 0 Å². The molecule has 4 heteroatoms. The van der Waals surface area contributed by atoms with Crippen LogP contribution in [0.4, 0.5) is 0 Å². The Kier molecular flexibility index (Phi) is 5.97. The zero-order valence-corrected chi connectivity index (χ0v) is 21.7. The van der Waals surface area contributed by atoms with Crippen molar-refractivity contribution in [2.24, 2.45) is 0 Å². The van der Waals surface area contributed by atoms with Gasteiger partial charge in [0.2, 0.25) is 0 Å². The zero-order chi connectivity index (χ0) is 22.7. The second kappa shape index (κ2) is 9.54. The summed E-state index contributed by atoms with van der Waals surface area (Å²) in [5.41, 5.74) is 6.63. The second-order valence-electron chi connectivity index (χ2n) is 7.95. The average molecular weight is 566 g/mol. The molecule has 2 nitrogen and oxygen atoms in total. The zero-order valence-electron chi connectivity index (χ0n) is 18.3. The summed E-state index contributed by atoms with van der Waals surface area (Å²) in [5.74, 6) is 0. The summed E-state index contributed by atoms with van der Waals surface area (Å²) in [5, 5.41) is 2.41. The minimum absolute atomic E-state index is 0.299. The van der Waals surface area contributed by atoms with Gasteiger partial charge in [0.15, 0.2) is 0 Å². The van der Waals surface area contributed by atoms with Gasteiger partial charge in [-0.1, -0.05) is 0 Å². The number of pyridine rings is 2. The van der Waals surface area contributed by atoms with Crippen molar-refractivity contribution in [3.05, 3.63) is 121 Å². The molecule has 4 aromatic carbocycles. The van der Waals surface area contributed by atoms with Crippen LogP contribution >= 0.6 is 0 Å². The van der Waals surface area contributed by atoms with Crippen LogP contribution in [0.1, 0.15) is 0 Å². The molecule has 0 aliphatic heterocycles. The fraction of sp³-hybridized carbons (Fsp3) is 0. The summed E-state index contributed by atoms with van der Waals surface area (Å²) < 4.78 is 2.72. The number of benzene rings is 4. The Morgan fingerprint density at radius 3 is 1.26 bits per heavy atom. The monoisotopic (exact) mass is 568 g/mol. The van der Waals surface area contributed by atoms with Gasteiger partial charge in [0.25, 0.3) is 0 Å². The first kappa shape index (κ1) is 21.3. The molecule has 162 valence electrons. The minimum atomic E-state index is 0.299. The van der Waals surface area contributed by atoms with E-state index in [-0.39, 0.29) is 0 Å². The molecule has 34 heavy (non-hydrogen) atoms. The fourth-order valence-electron chi connectivity index (χ4n) is 4.00. The molecule has 0 atom stereocenters. The van der Waals surface area contributed by atoms with Crippen LogP contribution < -0.4 is 8.92 Å². The first-order chi connectivity index (χ1) is 16.8. The summed E-state index contributed by atoms with van der Waals surface area (Å²) >= 11 is 0.598. The second-order valence-corrected chi connectivity index (χ2v) is 14.1. The van der Waals surface area contributed by atoms with E-state index in [4.69, 9.17) is 9.97 Å². The number of rotatable bonds is 5. The molecule has 0 radical (unpaired) electrons. The Morgan fingerprint density at radius 1 is 0.382 bits per heavy atom. The molecular formula is C30H20N2Se2. The summed E-state index contributed by atoms with van der Waals surface area (Å²) in [6.45, 7) is 0. The first-order valence-corrected chi connectivity index (χ1v) is 17.1. The number of hydrogen-bond donors (Lipinski definition) is 0. The predicted octanol–water partition coefficient (Wildman–Crippen LogP) is 5.39. The van der Waals surface area contributed by atoms with Crippen LogP contribution in [-0.4, -0.2) is 36.2 Å². The van der Waals surface area contributed by atoms with Crippen LogP contribution in [0.15, 0.2) is 121 Å². The van der Waals surface area contributed by atoms with E-state index < -0.39 is 0 Å². The van der Waals surface area contributed by atoms with Crippen LogP contribution in [0.2, 0.25) is 0 Å². The van der Waals surface area contributed by atoms with Gasteiger partial charge < -0.3 is 0 Å². The molecule has 0 unspecified atom stereocenters. The van der Waals surface area contributed by atoms with Crippen molar-refractivity contribution in [2.75, 3.05) is 0 Å². The number of hydrogen-bond acceptors (Lipinski definition) is 2. The van der Waals surface area contributed by atoms with Gasteiger partial charge in [0.1, 0.15) is 0 Å². The molecule has 0 saturated heterocycles. The van der Waals surface area contributed by atoms with Crippen molar-refractivity contribution in [1.82, 2.24) is 9.97 Å². The molecule has 0 aliphatic carbocycles. The van der Waals surface area contributed by atoms with Gasteiger partial charge in [-0.2, -0.15) is 0 Å². The molecule has 2 heterocycles. The first-order valence-electron chi connectivity index (χ1n) is 11.1. The molecule has 0 bridgehead atoms. The van der Waals surface area contributed by atoms with Gasteiger partial charge in [0.05, 0.1) is 0 Å². The molecule has 0 spiro atoms. The van der Waals surface area contributed by atoms with Crippen molar-refractivity contribution in [3.8, 4) is 22.5 Å². The van der Waals surface area contributed by atoms with Crippen LogP contribution in [0, 0.1) is 0 Å². The van der Waals surface area contributed by atoms with E-state index in [0.717, 1.165) is 33.5 Å². The number of fused-ring (bicyclic) bond motifs is 2. The Balaban J connectivity index is 1.36. The topological polar surface area (TPSA) is 25.8 Å². The van der Waals surface area contributed by atoms with Gasteiger partial charge in [-0.15, -0.1) is 0 Å². The molecule has 6 aromatic rings. The molecule has 0 aliphatic rings. The third-order valence-corrected chi connectivity index (χ3v) is 12.9. The fourth-order valence-corrected chi connectivity index (χ4v) is 10.9. The SMILES string of the molecule is c1ccc(-c2ccc3cccc([Se][Se]c4cccc5ccc(-c6ccccc6)nc45)c3n2)cc1. The maximum absolute atomic E-state index is 5.08. The molecule has 0 saturated carbocycles. The molecule has 0 fully saturated rings. The number of aromatic nitrogens is 2.